The monoisotopic (exact) mass is 252 g/mol. The van der Waals surface area contributed by atoms with Gasteiger partial charge in [-0.1, -0.05) is 6.07 Å². The third-order valence-corrected chi connectivity index (χ3v) is 3.13. The lowest BCUT2D eigenvalue weighted by atomic mass is 10.1. The molecule has 0 aliphatic carbocycles. The first-order valence-electron chi connectivity index (χ1n) is 6.03. The molecule has 3 aromatic rings. The number of aromatic nitrogens is 3. The van der Waals surface area contributed by atoms with Crippen LogP contribution in [0.1, 0.15) is 0 Å². The zero-order valence-corrected chi connectivity index (χ0v) is 10.0. The van der Waals surface area contributed by atoms with Gasteiger partial charge in [0.05, 0.1) is 17.4 Å². The summed E-state index contributed by atoms with van der Waals surface area (Å²) in [5, 5.41) is 4.15. The third-order valence-electron chi connectivity index (χ3n) is 3.13. The molecule has 0 saturated carbocycles. The van der Waals surface area contributed by atoms with Crippen molar-refractivity contribution in [1.29, 1.82) is 0 Å². The molecule has 3 heterocycles. The maximum atomic E-state index is 5.74. The first kappa shape index (κ1) is 10.4. The van der Waals surface area contributed by atoms with Crippen molar-refractivity contribution >= 4 is 5.52 Å². The van der Waals surface area contributed by atoms with Crippen molar-refractivity contribution in [3.05, 3.63) is 42.9 Å². The van der Waals surface area contributed by atoms with E-state index in [0.717, 1.165) is 28.3 Å². The Morgan fingerprint density at radius 3 is 3.05 bits per heavy atom. The van der Waals surface area contributed by atoms with Gasteiger partial charge in [-0.25, -0.2) is 9.50 Å². The van der Waals surface area contributed by atoms with Gasteiger partial charge < -0.3 is 9.47 Å². The summed E-state index contributed by atoms with van der Waals surface area (Å²) in [6, 6.07) is 9.82. The van der Waals surface area contributed by atoms with Crippen molar-refractivity contribution in [2.45, 2.75) is 0 Å². The molecule has 0 spiro atoms. The maximum Gasteiger partial charge on any atom is 0.219 e. The zero-order valence-electron chi connectivity index (χ0n) is 10.0. The van der Waals surface area contributed by atoms with E-state index in [4.69, 9.17) is 9.47 Å². The summed E-state index contributed by atoms with van der Waals surface area (Å²) in [7, 11) is 0. The van der Waals surface area contributed by atoms with Crippen LogP contribution in [-0.2, 0) is 0 Å². The van der Waals surface area contributed by atoms with E-state index >= 15 is 0 Å². The van der Waals surface area contributed by atoms with Crippen LogP contribution in [0.5, 0.6) is 11.5 Å². The average Bonchev–Trinajstić information content (AvgIpc) is 2.90. The van der Waals surface area contributed by atoms with E-state index in [0.29, 0.717) is 13.2 Å². The number of ether oxygens (including phenoxy) is 2. The fourth-order valence-corrected chi connectivity index (χ4v) is 2.30. The Hall–Kier alpha value is -2.56. The van der Waals surface area contributed by atoms with E-state index in [1.807, 2.05) is 30.3 Å². The van der Waals surface area contributed by atoms with Crippen LogP contribution < -0.4 is 9.47 Å². The quantitative estimate of drug-likeness (QED) is 0.664. The highest BCUT2D eigenvalue weighted by Crippen LogP contribution is 2.39. The van der Waals surface area contributed by atoms with E-state index < -0.39 is 0 Å². The highest BCUT2D eigenvalue weighted by molar-refractivity contribution is 5.74. The van der Waals surface area contributed by atoms with Gasteiger partial charge in [0.15, 0.2) is 11.5 Å². The molecule has 0 N–H and O–H groups in total. The molecule has 0 unspecified atom stereocenters. The molecule has 4 rings (SSSR count). The van der Waals surface area contributed by atoms with E-state index in [1.165, 1.54) is 0 Å². The second-order valence-corrected chi connectivity index (χ2v) is 4.24. The van der Waals surface area contributed by atoms with Crippen LogP contribution in [0.15, 0.2) is 36.5 Å². The highest BCUT2D eigenvalue weighted by atomic mass is 16.6. The maximum absolute atomic E-state index is 5.74. The summed E-state index contributed by atoms with van der Waals surface area (Å²) in [5.41, 5.74) is 2.82. The lowest BCUT2D eigenvalue weighted by Gasteiger charge is -2.20. The standard InChI is InChI=1S/C14H10N3O2/c1-2-11(14-13(3-1)18-6-7-19-14)12-5-4-10-8-15-9-16-17(10)12/h1-5,8H,6-7H2. The minimum Gasteiger partial charge on any atom is -0.486 e. The first-order chi connectivity index (χ1) is 9.43. The number of hydrogen-bond donors (Lipinski definition) is 0. The van der Waals surface area contributed by atoms with Gasteiger partial charge in [-0.15, -0.1) is 5.10 Å². The normalized spacial score (nSPS) is 13.7. The average molecular weight is 252 g/mol. The van der Waals surface area contributed by atoms with Crippen molar-refractivity contribution in [2.75, 3.05) is 13.2 Å². The molecular weight excluding hydrogens is 242 g/mol. The first-order valence-corrected chi connectivity index (χ1v) is 6.03. The van der Waals surface area contributed by atoms with Gasteiger partial charge in [-0.05, 0) is 24.3 Å². The molecule has 93 valence electrons. The lowest BCUT2D eigenvalue weighted by Crippen LogP contribution is -2.16. The Balaban J connectivity index is 1.97. The summed E-state index contributed by atoms with van der Waals surface area (Å²) in [5.74, 6) is 1.55. The van der Waals surface area contributed by atoms with Crippen LogP contribution in [0, 0.1) is 6.33 Å². The summed E-state index contributed by atoms with van der Waals surface area (Å²) in [4.78, 5) is 3.89. The van der Waals surface area contributed by atoms with Gasteiger partial charge in [0.2, 0.25) is 6.33 Å². The van der Waals surface area contributed by atoms with Gasteiger partial charge in [0.25, 0.3) is 0 Å². The molecule has 2 aromatic heterocycles. The number of hydrogen-bond acceptors (Lipinski definition) is 4. The van der Waals surface area contributed by atoms with Crippen LogP contribution in [0.3, 0.4) is 0 Å². The van der Waals surface area contributed by atoms with Gasteiger partial charge in [-0.3, -0.25) is 0 Å². The van der Waals surface area contributed by atoms with Crippen molar-refractivity contribution in [2.24, 2.45) is 0 Å². The number of benzene rings is 1. The number of fused-ring (bicyclic) bond motifs is 2. The molecule has 1 aromatic carbocycles. The topological polar surface area (TPSA) is 48.7 Å². The van der Waals surface area contributed by atoms with Crippen LogP contribution >= 0.6 is 0 Å². The van der Waals surface area contributed by atoms with Crippen molar-refractivity contribution in [1.82, 2.24) is 14.6 Å². The fourth-order valence-electron chi connectivity index (χ4n) is 2.30. The Morgan fingerprint density at radius 1 is 1.11 bits per heavy atom. The predicted octanol–water partition coefficient (Wildman–Crippen LogP) is 1.97. The molecule has 0 saturated heterocycles. The van der Waals surface area contributed by atoms with Crippen molar-refractivity contribution in [3.8, 4) is 22.8 Å². The summed E-state index contributed by atoms with van der Waals surface area (Å²) < 4.78 is 13.1. The molecule has 1 aliphatic heterocycles. The second kappa shape index (κ2) is 3.98. The molecule has 5 heteroatoms. The van der Waals surface area contributed by atoms with Gasteiger partial charge in [0, 0.05) is 5.56 Å². The molecule has 0 atom stereocenters. The fraction of sp³-hybridized carbons (Fsp3) is 0.143. The van der Waals surface area contributed by atoms with Gasteiger partial charge in [-0.2, -0.15) is 0 Å². The van der Waals surface area contributed by atoms with Crippen molar-refractivity contribution < 1.29 is 9.47 Å². The minimum atomic E-state index is 0.564. The summed E-state index contributed by atoms with van der Waals surface area (Å²) >= 11 is 0. The molecule has 19 heavy (non-hydrogen) atoms. The minimum absolute atomic E-state index is 0.564. The molecule has 5 nitrogen and oxygen atoms in total. The van der Waals surface area contributed by atoms with E-state index in [2.05, 4.69) is 16.4 Å². The Kier molecular flexibility index (Phi) is 2.17. The molecular formula is C14H10N3O2. The number of para-hydroxylation sites is 1. The van der Waals surface area contributed by atoms with Gasteiger partial charge >= 0.3 is 0 Å². The summed E-state index contributed by atoms with van der Waals surface area (Å²) in [6.07, 6.45) is 4.33. The van der Waals surface area contributed by atoms with Gasteiger partial charge in [0.1, 0.15) is 13.2 Å². The smallest absolute Gasteiger partial charge is 0.219 e. The van der Waals surface area contributed by atoms with Crippen LogP contribution in [-0.4, -0.2) is 27.8 Å². The zero-order chi connectivity index (χ0) is 12.7. The molecule has 1 aliphatic rings. The van der Waals surface area contributed by atoms with Crippen LogP contribution in [0.2, 0.25) is 0 Å². The van der Waals surface area contributed by atoms with Crippen molar-refractivity contribution in [3.63, 3.8) is 0 Å². The predicted molar refractivity (Wildman–Crippen MR) is 68.2 cm³/mol. The van der Waals surface area contributed by atoms with E-state index in [9.17, 15) is 0 Å². The van der Waals surface area contributed by atoms with E-state index in [-0.39, 0.29) is 0 Å². The molecule has 1 radical (unpaired) electrons. The Bertz CT molecular complexity index is 751. The van der Waals surface area contributed by atoms with E-state index in [1.54, 1.807) is 10.7 Å². The largest absolute Gasteiger partial charge is 0.486 e. The Morgan fingerprint density at radius 2 is 2.05 bits per heavy atom. The van der Waals surface area contributed by atoms with Crippen LogP contribution in [0.4, 0.5) is 0 Å². The molecule has 0 fully saturated rings. The second-order valence-electron chi connectivity index (χ2n) is 4.24. The SMILES string of the molecule is [c]1ncc2ccc(-c3cccc4c3OCCO4)n2n1. The van der Waals surface area contributed by atoms with Crippen LogP contribution in [0.25, 0.3) is 16.8 Å². The molecule has 0 bridgehead atoms. The lowest BCUT2D eigenvalue weighted by molar-refractivity contribution is 0.172. The number of nitrogens with zero attached hydrogens (tertiary/aromatic N) is 3. The third kappa shape index (κ3) is 1.55. The Labute approximate surface area is 109 Å². The highest BCUT2D eigenvalue weighted by Gasteiger charge is 2.18. The summed E-state index contributed by atoms with van der Waals surface area (Å²) in [6.45, 7) is 1.15. The molecule has 0 amide bonds. The number of rotatable bonds is 1.